The molecule has 0 aliphatic heterocycles. The average molecular weight is 423 g/mol. The maximum atomic E-state index is 12.9. The van der Waals surface area contributed by atoms with Gasteiger partial charge in [-0.3, -0.25) is 4.79 Å². The molecule has 7 nitrogen and oxygen atoms in total. The molecule has 1 amide bonds. The van der Waals surface area contributed by atoms with Gasteiger partial charge in [0.15, 0.2) is 0 Å². The summed E-state index contributed by atoms with van der Waals surface area (Å²) >= 11 is 1.53. The van der Waals surface area contributed by atoms with Crippen LogP contribution in [0.2, 0.25) is 0 Å². The van der Waals surface area contributed by atoms with Gasteiger partial charge in [0.2, 0.25) is 5.13 Å². The van der Waals surface area contributed by atoms with E-state index in [1.165, 1.54) is 22.5 Å². The minimum absolute atomic E-state index is 0.291. The van der Waals surface area contributed by atoms with E-state index in [0.29, 0.717) is 28.0 Å². The number of carbonyl (C=O) groups excluding carboxylic acids is 1. The minimum atomic E-state index is -0.291. The van der Waals surface area contributed by atoms with Crippen LogP contribution in [0.25, 0.3) is 15.3 Å². The van der Waals surface area contributed by atoms with E-state index in [4.69, 9.17) is 14.5 Å². The Morgan fingerprint density at radius 1 is 0.967 bits per heavy atom. The fraction of sp³-hybridized carbons (Fsp3) is 0.227. The molecule has 0 fully saturated rings. The molecule has 0 saturated carbocycles. The summed E-state index contributed by atoms with van der Waals surface area (Å²) in [5.74, 6) is 1.34. The predicted molar refractivity (Wildman–Crippen MR) is 118 cm³/mol. The summed E-state index contributed by atoms with van der Waals surface area (Å²) in [6.07, 6.45) is 0. The predicted octanol–water partition coefficient (Wildman–Crippen LogP) is 4.68. The molecule has 4 aromatic rings. The number of carbonyl (C=O) groups is 1. The first-order chi connectivity index (χ1) is 14.4. The second kappa shape index (κ2) is 7.79. The van der Waals surface area contributed by atoms with Crippen molar-refractivity contribution in [3.8, 4) is 16.6 Å². The van der Waals surface area contributed by atoms with E-state index < -0.39 is 0 Å². The summed E-state index contributed by atoms with van der Waals surface area (Å²) in [6, 6.07) is 11.1. The summed E-state index contributed by atoms with van der Waals surface area (Å²) in [7, 11) is 3.09. The van der Waals surface area contributed by atoms with Gasteiger partial charge in [0.25, 0.3) is 5.91 Å². The molecule has 0 aliphatic carbocycles. The summed E-state index contributed by atoms with van der Waals surface area (Å²) in [4.78, 5) is 17.6. The molecule has 4 rings (SSSR count). The number of amides is 1. The van der Waals surface area contributed by atoms with Gasteiger partial charge in [0.1, 0.15) is 17.3 Å². The van der Waals surface area contributed by atoms with Gasteiger partial charge in [0, 0.05) is 17.7 Å². The maximum Gasteiger partial charge on any atom is 0.257 e. The third kappa shape index (κ3) is 3.73. The van der Waals surface area contributed by atoms with Gasteiger partial charge in [-0.1, -0.05) is 11.3 Å². The lowest BCUT2D eigenvalue weighted by Gasteiger charge is -2.09. The maximum absolute atomic E-state index is 12.9. The number of aromatic nitrogens is 3. The summed E-state index contributed by atoms with van der Waals surface area (Å²) in [5.41, 5.74) is 4.53. The lowest BCUT2D eigenvalue weighted by atomic mass is 10.1. The zero-order chi connectivity index (χ0) is 21.4. The minimum Gasteiger partial charge on any atom is -0.497 e. The Balaban J connectivity index is 1.70. The largest absolute Gasteiger partial charge is 0.497 e. The van der Waals surface area contributed by atoms with Crippen LogP contribution in [-0.4, -0.2) is 34.9 Å². The number of ether oxygens (including phenoxy) is 2. The topological polar surface area (TPSA) is 78.3 Å². The van der Waals surface area contributed by atoms with E-state index in [2.05, 4.69) is 36.4 Å². The summed E-state index contributed by atoms with van der Waals surface area (Å²) in [5, 5.41) is 8.16. The molecule has 2 aromatic carbocycles. The van der Waals surface area contributed by atoms with Crippen molar-refractivity contribution >= 4 is 33.3 Å². The summed E-state index contributed by atoms with van der Waals surface area (Å²) in [6.45, 7) is 6.03. The van der Waals surface area contributed by atoms with Crippen molar-refractivity contribution in [2.24, 2.45) is 0 Å². The molecule has 2 aromatic heterocycles. The smallest absolute Gasteiger partial charge is 0.257 e. The van der Waals surface area contributed by atoms with Gasteiger partial charge in [0.05, 0.1) is 30.1 Å². The number of benzene rings is 2. The quantitative estimate of drug-likeness (QED) is 0.505. The van der Waals surface area contributed by atoms with Crippen LogP contribution in [0.5, 0.6) is 11.5 Å². The van der Waals surface area contributed by atoms with Gasteiger partial charge in [-0.05, 0) is 56.2 Å². The van der Waals surface area contributed by atoms with Crippen molar-refractivity contribution in [1.82, 2.24) is 14.8 Å². The second-order valence-corrected chi connectivity index (χ2v) is 8.05. The number of fused-ring (bicyclic) bond motifs is 1. The molecule has 0 unspecified atom stereocenters. The van der Waals surface area contributed by atoms with Crippen molar-refractivity contribution in [3.05, 3.63) is 58.8 Å². The van der Waals surface area contributed by atoms with Gasteiger partial charge in [-0.2, -0.15) is 9.78 Å². The lowest BCUT2D eigenvalue weighted by molar-refractivity contribution is 0.102. The highest BCUT2D eigenvalue weighted by atomic mass is 32.1. The number of rotatable bonds is 5. The number of hydrogen-bond acceptors (Lipinski definition) is 6. The Labute approximate surface area is 178 Å². The van der Waals surface area contributed by atoms with Crippen molar-refractivity contribution in [3.63, 3.8) is 0 Å². The molecular formula is C22H22N4O3S. The lowest BCUT2D eigenvalue weighted by Crippen LogP contribution is -2.15. The molecule has 0 aliphatic rings. The van der Waals surface area contributed by atoms with E-state index in [1.54, 1.807) is 37.1 Å². The van der Waals surface area contributed by atoms with Crippen molar-refractivity contribution < 1.29 is 14.3 Å². The van der Waals surface area contributed by atoms with E-state index >= 15 is 0 Å². The number of nitrogens with zero attached hydrogens (tertiary/aromatic N) is 3. The molecule has 0 saturated heterocycles. The van der Waals surface area contributed by atoms with Crippen molar-refractivity contribution in [2.45, 2.75) is 20.8 Å². The average Bonchev–Trinajstić information content (AvgIpc) is 3.30. The summed E-state index contributed by atoms with van der Waals surface area (Å²) < 4.78 is 13.3. The van der Waals surface area contributed by atoms with Crippen molar-refractivity contribution in [2.75, 3.05) is 19.5 Å². The molecule has 30 heavy (non-hydrogen) atoms. The van der Waals surface area contributed by atoms with E-state index in [1.807, 2.05) is 13.0 Å². The second-order valence-electron chi connectivity index (χ2n) is 7.04. The Kier molecular flexibility index (Phi) is 5.17. The van der Waals surface area contributed by atoms with E-state index in [-0.39, 0.29) is 5.91 Å². The zero-order valence-electron chi connectivity index (χ0n) is 17.4. The number of hydrogen-bond donors (Lipinski definition) is 1. The highest BCUT2D eigenvalue weighted by molar-refractivity contribution is 7.20. The standard InChI is InChI=1S/C22H22N4O3S/c1-12-6-18-19(7-13(12)2)30-22(23-18)26-20(8-14(3)25-26)24-21(27)15-9-16(28-4)11-17(10-15)29-5/h6-11H,1-5H3,(H,24,27). The third-order valence-corrected chi connectivity index (χ3v) is 5.85. The Morgan fingerprint density at radius 2 is 1.63 bits per heavy atom. The first kappa shape index (κ1) is 19.9. The highest BCUT2D eigenvalue weighted by Crippen LogP contribution is 2.30. The zero-order valence-corrected chi connectivity index (χ0v) is 18.3. The monoisotopic (exact) mass is 422 g/mol. The Morgan fingerprint density at radius 3 is 2.30 bits per heavy atom. The number of methoxy groups -OCH3 is 2. The third-order valence-electron chi connectivity index (χ3n) is 4.86. The van der Waals surface area contributed by atoms with Crippen LogP contribution in [-0.2, 0) is 0 Å². The van der Waals surface area contributed by atoms with Gasteiger partial charge < -0.3 is 14.8 Å². The molecule has 8 heteroatoms. The van der Waals surface area contributed by atoms with Crippen LogP contribution in [0, 0.1) is 20.8 Å². The van der Waals surface area contributed by atoms with Crippen LogP contribution >= 0.6 is 11.3 Å². The van der Waals surface area contributed by atoms with Crippen LogP contribution in [0.15, 0.2) is 36.4 Å². The molecule has 0 bridgehead atoms. The van der Waals surface area contributed by atoms with Crippen LogP contribution < -0.4 is 14.8 Å². The SMILES string of the molecule is COc1cc(OC)cc(C(=O)Nc2cc(C)nn2-c2nc3cc(C)c(C)cc3s2)c1. The molecular weight excluding hydrogens is 400 g/mol. The number of anilines is 1. The highest BCUT2D eigenvalue weighted by Gasteiger charge is 2.17. The molecule has 0 spiro atoms. The number of aryl methyl sites for hydroxylation is 3. The van der Waals surface area contributed by atoms with Gasteiger partial charge in [-0.25, -0.2) is 4.98 Å². The normalized spacial score (nSPS) is 11.0. The van der Waals surface area contributed by atoms with Gasteiger partial charge >= 0.3 is 0 Å². The Hall–Kier alpha value is -3.39. The number of nitrogens with one attached hydrogen (secondary N) is 1. The molecule has 0 atom stereocenters. The fourth-order valence-electron chi connectivity index (χ4n) is 3.12. The van der Waals surface area contributed by atoms with E-state index in [0.717, 1.165) is 15.9 Å². The molecule has 2 heterocycles. The fourth-order valence-corrected chi connectivity index (χ4v) is 4.13. The van der Waals surface area contributed by atoms with Crippen molar-refractivity contribution in [1.29, 1.82) is 0 Å². The first-order valence-electron chi connectivity index (χ1n) is 9.37. The molecule has 0 radical (unpaired) electrons. The Bertz CT molecular complexity index is 1200. The van der Waals surface area contributed by atoms with Crippen LogP contribution in [0.1, 0.15) is 27.2 Å². The number of thiazole rings is 1. The van der Waals surface area contributed by atoms with Gasteiger partial charge in [-0.15, -0.1) is 0 Å². The first-order valence-corrected chi connectivity index (χ1v) is 10.2. The molecule has 154 valence electrons. The van der Waals surface area contributed by atoms with Crippen LogP contribution in [0.3, 0.4) is 0 Å². The van der Waals surface area contributed by atoms with Crippen LogP contribution in [0.4, 0.5) is 5.82 Å². The van der Waals surface area contributed by atoms with E-state index in [9.17, 15) is 4.79 Å². The molecule has 1 N–H and O–H groups in total.